The zero-order chi connectivity index (χ0) is 19.9. The van der Waals surface area contributed by atoms with Gasteiger partial charge in [-0.15, -0.1) is 0 Å². The highest BCUT2D eigenvalue weighted by Crippen LogP contribution is 2.30. The van der Waals surface area contributed by atoms with Gasteiger partial charge < -0.3 is 9.64 Å². The second-order valence-corrected chi connectivity index (χ2v) is 8.11. The Kier molecular flexibility index (Phi) is 4.45. The first kappa shape index (κ1) is 18.3. The average Bonchev–Trinajstić information content (AvgIpc) is 3.28. The maximum Gasteiger partial charge on any atom is 0.410 e. The summed E-state index contributed by atoms with van der Waals surface area (Å²) in [5.74, 6) is 0. The molecule has 4 rings (SSSR count). The molecule has 0 unspecified atom stereocenters. The first-order chi connectivity index (χ1) is 13.3. The summed E-state index contributed by atoms with van der Waals surface area (Å²) >= 11 is 0. The Morgan fingerprint density at radius 1 is 1.18 bits per heavy atom. The maximum absolute atomic E-state index is 12.3. The zero-order valence-electron chi connectivity index (χ0n) is 16.7. The Morgan fingerprint density at radius 3 is 2.64 bits per heavy atom. The van der Waals surface area contributed by atoms with Crippen molar-refractivity contribution in [2.24, 2.45) is 7.05 Å². The molecule has 0 saturated heterocycles. The number of fused-ring (bicyclic) bond motifs is 1. The van der Waals surface area contributed by atoms with Crippen LogP contribution in [0.15, 0.2) is 43.0 Å². The molecule has 1 aliphatic rings. The first-order valence-corrected chi connectivity index (χ1v) is 9.44. The molecule has 0 spiro atoms. The van der Waals surface area contributed by atoms with Gasteiger partial charge in [0.05, 0.1) is 11.7 Å². The molecule has 0 aromatic carbocycles. The molecule has 1 aliphatic heterocycles. The fraction of sp³-hybridized carbons (Fsp3) is 0.381. The molecule has 28 heavy (non-hydrogen) atoms. The molecular weight excluding hydrogens is 354 g/mol. The molecule has 0 N–H and O–H groups in total. The van der Waals surface area contributed by atoms with Crippen molar-refractivity contribution >= 4 is 17.2 Å². The standard InChI is InChI=1S/C21H25N5O2/c1-21(2,3)28-20(27)25-9-6-15(7-10-25)18-11-16(17-12-23-24(4)13-17)14-26-19(18)5-8-22-26/h5-6,8,11-14H,7,9-10H2,1-4H3. The van der Waals surface area contributed by atoms with E-state index in [1.807, 2.05) is 63.2 Å². The average molecular weight is 379 g/mol. The van der Waals surface area contributed by atoms with Crippen LogP contribution in [0.1, 0.15) is 32.8 Å². The number of pyridine rings is 1. The van der Waals surface area contributed by atoms with E-state index in [1.54, 1.807) is 9.58 Å². The molecular formula is C21H25N5O2. The summed E-state index contributed by atoms with van der Waals surface area (Å²) in [5.41, 5.74) is 5.05. The Bertz CT molecular complexity index is 1050. The van der Waals surface area contributed by atoms with Crippen molar-refractivity contribution in [1.82, 2.24) is 24.3 Å². The lowest BCUT2D eigenvalue weighted by Gasteiger charge is -2.29. The van der Waals surface area contributed by atoms with Crippen LogP contribution in [0.4, 0.5) is 4.79 Å². The van der Waals surface area contributed by atoms with E-state index in [4.69, 9.17) is 4.74 Å². The molecule has 0 fully saturated rings. The van der Waals surface area contributed by atoms with E-state index in [0.717, 1.165) is 28.6 Å². The van der Waals surface area contributed by atoms with Crippen molar-refractivity contribution in [3.05, 3.63) is 48.6 Å². The van der Waals surface area contributed by atoms with Gasteiger partial charge in [0.15, 0.2) is 0 Å². The predicted octanol–water partition coefficient (Wildman–Crippen LogP) is 3.76. The van der Waals surface area contributed by atoms with Gasteiger partial charge in [0.1, 0.15) is 5.60 Å². The van der Waals surface area contributed by atoms with E-state index in [0.29, 0.717) is 13.1 Å². The minimum atomic E-state index is -0.483. The maximum atomic E-state index is 12.3. The van der Waals surface area contributed by atoms with Gasteiger partial charge in [-0.2, -0.15) is 10.2 Å². The van der Waals surface area contributed by atoms with E-state index < -0.39 is 5.60 Å². The zero-order valence-corrected chi connectivity index (χ0v) is 16.7. The van der Waals surface area contributed by atoms with Gasteiger partial charge in [-0.25, -0.2) is 9.31 Å². The highest BCUT2D eigenvalue weighted by atomic mass is 16.6. The molecule has 3 aromatic rings. The molecule has 7 nitrogen and oxygen atoms in total. The van der Waals surface area contributed by atoms with Crippen LogP contribution in [0.2, 0.25) is 0 Å². The number of amides is 1. The Labute approximate surface area is 164 Å². The van der Waals surface area contributed by atoms with Gasteiger partial charge in [0, 0.05) is 55.4 Å². The summed E-state index contributed by atoms with van der Waals surface area (Å²) in [7, 11) is 1.91. The van der Waals surface area contributed by atoms with Gasteiger partial charge in [-0.05, 0) is 44.9 Å². The number of hydrogen-bond acceptors (Lipinski definition) is 4. The number of carbonyl (C=O) groups is 1. The molecule has 146 valence electrons. The Morgan fingerprint density at radius 2 is 2.00 bits per heavy atom. The van der Waals surface area contributed by atoms with Gasteiger partial charge in [-0.3, -0.25) is 4.68 Å². The lowest BCUT2D eigenvalue weighted by Crippen LogP contribution is -2.39. The van der Waals surface area contributed by atoms with E-state index in [2.05, 4.69) is 22.3 Å². The smallest absolute Gasteiger partial charge is 0.410 e. The van der Waals surface area contributed by atoms with Crippen molar-refractivity contribution in [2.75, 3.05) is 13.1 Å². The summed E-state index contributed by atoms with van der Waals surface area (Å²) in [6.45, 7) is 6.84. The first-order valence-electron chi connectivity index (χ1n) is 9.44. The van der Waals surface area contributed by atoms with E-state index in [-0.39, 0.29) is 6.09 Å². The third kappa shape index (κ3) is 3.65. The van der Waals surface area contributed by atoms with Crippen molar-refractivity contribution in [3.63, 3.8) is 0 Å². The molecule has 0 radical (unpaired) electrons. The van der Waals surface area contributed by atoms with Crippen LogP contribution in [0.25, 0.3) is 22.2 Å². The Hall–Kier alpha value is -3.09. The van der Waals surface area contributed by atoms with Crippen molar-refractivity contribution in [1.29, 1.82) is 0 Å². The normalized spacial score (nSPS) is 15.0. The predicted molar refractivity (Wildman–Crippen MR) is 108 cm³/mol. The summed E-state index contributed by atoms with van der Waals surface area (Å²) in [6, 6.07) is 4.20. The molecule has 4 heterocycles. The van der Waals surface area contributed by atoms with Crippen molar-refractivity contribution in [3.8, 4) is 11.1 Å². The van der Waals surface area contributed by atoms with Crippen LogP contribution in [0.5, 0.6) is 0 Å². The van der Waals surface area contributed by atoms with Crippen LogP contribution >= 0.6 is 0 Å². The van der Waals surface area contributed by atoms with Crippen LogP contribution in [-0.2, 0) is 11.8 Å². The van der Waals surface area contributed by atoms with Gasteiger partial charge >= 0.3 is 6.09 Å². The summed E-state index contributed by atoms with van der Waals surface area (Å²) < 4.78 is 9.18. The summed E-state index contributed by atoms with van der Waals surface area (Å²) in [4.78, 5) is 14.1. The van der Waals surface area contributed by atoms with Crippen LogP contribution in [-0.4, -0.2) is 49.1 Å². The number of rotatable bonds is 2. The molecule has 0 atom stereocenters. The number of carbonyl (C=O) groups excluding carboxylic acids is 1. The SMILES string of the molecule is Cn1cc(-c2cc(C3=CCN(C(=O)OC(C)(C)C)CC3)c3ccnn3c2)cn1. The van der Waals surface area contributed by atoms with E-state index in [9.17, 15) is 4.79 Å². The van der Waals surface area contributed by atoms with Crippen molar-refractivity contribution < 1.29 is 9.53 Å². The largest absolute Gasteiger partial charge is 0.444 e. The van der Waals surface area contributed by atoms with E-state index in [1.165, 1.54) is 5.57 Å². The molecule has 0 bridgehead atoms. The second kappa shape index (κ2) is 6.82. The van der Waals surface area contributed by atoms with Crippen LogP contribution in [0, 0.1) is 0 Å². The number of aryl methyl sites for hydroxylation is 1. The topological polar surface area (TPSA) is 64.7 Å². The van der Waals surface area contributed by atoms with Gasteiger partial charge in [0.25, 0.3) is 0 Å². The monoisotopic (exact) mass is 379 g/mol. The molecule has 7 heteroatoms. The highest BCUT2D eigenvalue weighted by Gasteiger charge is 2.24. The highest BCUT2D eigenvalue weighted by molar-refractivity contribution is 5.83. The molecule has 1 amide bonds. The lowest BCUT2D eigenvalue weighted by molar-refractivity contribution is 0.0270. The minimum Gasteiger partial charge on any atom is -0.444 e. The third-order valence-electron chi connectivity index (χ3n) is 4.75. The minimum absolute atomic E-state index is 0.263. The van der Waals surface area contributed by atoms with Gasteiger partial charge in [-0.1, -0.05) is 6.08 Å². The number of hydrogen-bond donors (Lipinski definition) is 0. The third-order valence-corrected chi connectivity index (χ3v) is 4.75. The second-order valence-electron chi connectivity index (χ2n) is 8.11. The van der Waals surface area contributed by atoms with E-state index >= 15 is 0 Å². The van der Waals surface area contributed by atoms with Crippen LogP contribution < -0.4 is 0 Å². The molecule has 3 aromatic heterocycles. The fourth-order valence-electron chi connectivity index (χ4n) is 3.42. The van der Waals surface area contributed by atoms with Crippen molar-refractivity contribution in [2.45, 2.75) is 32.8 Å². The number of ether oxygens (including phenoxy) is 1. The summed E-state index contributed by atoms with van der Waals surface area (Å²) in [5, 5.41) is 8.70. The quantitative estimate of drug-likeness (QED) is 0.680. The number of aromatic nitrogens is 4. The number of nitrogens with zero attached hydrogens (tertiary/aromatic N) is 5. The molecule has 0 aliphatic carbocycles. The van der Waals surface area contributed by atoms with Crippen LogP contribution in [0.3, 0.4) is 0 Å². The summed E-state index contributed by atoms with van der Waals surface area (Å²) in [6.07, 6.45) is 10.3. The molecule has 0 saturated carbocycles. The Balaban J connectivity index is 1.64. The lowest BCUT2D eigenvalue weighted by atomic mass is 9.97. The van der Waals surface area contributed by atoms with Gasteiger partial charge in [0.2, 0.25) is 0 Å². The fourth-order valence-corrected chi connectivity index (χ4v) is 3.42.